The Hall–Kier alpha value is -2.91. The number of benzene rings is 3. The summed E-state index contributed by atoms with van der Waals surface area (Å²) in [5.41, 5.74) is 2.61. The Morgan fingerprint density at radius 3 is 1.61 bits per heavy atom. The van der Waals surface area contributed by atoms with Crippen molar-refractivity contribution in [3.63, 3.8) is 0 Å². The maximum atomic E-state index is 6.52. The van der Waals surface area contributed by atoms with E-state index in [0.717, 1.165) is 10.4 Å². The minimum absolute atomic E-state index is 0.194. The first-order chi connectivity index (χ1) is 15.3. The molecule has 0 radical (unpaired) electrons. The molecule has 152 valence electrons. The number of allylic oxidation sites excluding steroid dienone is 8. The van der Waals surface area contributed by atoms with Crippen molar-refractivity contribution in [1.29, 1.82) is 0 Å². The van der Waals surface area contributed by atoms with Crippen molar-refractivity contribution in [2.45, 2.75) is 11.8 Å². The maximum absolute atomic E-state index is 6.52. The van der Waals surface area contributed by atoms with E-state index in [1.165, 1.54) is 16.3 Å². The van der Waals surface area contributed by atoms with E-state index in [1.807, 2.05) is 12.1 Å². The van der Waals surface area contributed by atoms with Crippen molar-refractivity contribution in [2.24, 2.45) is 0 Å². The molecule has 0 fully saturated rings. The lowest BCUT2D eigenvalue weighted by Gasteiger charge is -2.33. The van der Waals surface area contributed by atoms with Crippen molar-refractivity contribution in [3.05, 3.63) is 139 Å². The molecule has 0 saturated heterocycles. The predicted octanol–water partition coefficient (Wildman–Crippen LogP) is 5.24. The van der Waals surface area contributed by atoms with E-state index in [-0.39, 0.29) is 11.8 Å². The lowest BCUT2D eigenvalue weighted by Crippen LogP contribution is -2.69. The maximum Gasteiger partial charge on any atom is 0.312 e. The first kappa shape index (κ1) is 20.0. The van der Waals surface area contributed by atoms with Gasteiger partial charge in [0.05, 0.1) is 0 Å². The van der Waals surface area contributed by atoms with Crippen LogP contribution in [0.15, 0.2) is 127 Å². The highest BCUT2D eigenvalue weighted by Gasteiger charge is 2.45. The van der Waals surface area contributed by atoms with Crippen LogP contribution in [0.5, 0.6) is 0 Å². The highest BCUT2D eigenvalue weighted by atomic mass is 35.5. The molecule has 0 N–H and O–H groups in total. The lowest BCUT2D eigenvalue weighted by molar-refractivity contribution is 0.646. The highest BCUT2D eigenvalue weighted by molar-refractivity contribution is 7.08. The Morgan fingerprint density at radius 1 is 0.581 bits per heavy atom. The van der Waals surface area contributed by atoms with Gasteiger partial charge in [0, 0.05) is 23.7 Å². The van der Waals surface area contributed by atoms with Crippen LogP contribution in [0.25, 0.3) is 0 Å². The van der Waals surface area contributed by atoms with Crippen molar-refractivity contribution in [3.8, 4) is 0 Å². The summed E-state index contributed by atoms with van der Waals surface area (Å²) in [5.74, 6) is 0.450. The normalized spacial score (nSPS) is 15.9. The molecule has 0 atom stereocenters. The third-order valence-electron chi connectivity index (χ3n) is 6.18. The van der Waals surface area contributed by atoms with Crippen LogP contribution in [0.3, 0.4) is 0 Å². The number of hydrogen-bond donors (Lipinski definition) is 0. The van der Waals surface area contributed by atoms with Gasteiger partial charge in [0.25, 0.3) is 0 Å². The van der Waals surface area contributed by atoms with Crippen molar-refractivity contribution in [1.82, 2.24) is 0 Å². The summed E-state index contributed by atoms with van der Waals surface area (Å²) in [6.45, 7) is 0. The summed E-state index contributed by atoms with van der Waals surface area (Å²) in [7, 11) is -2.94. The van der Waals surface area contributed by atoms with Crippen LogP contribution in [-0.4, -0.2) is 8.32 Å². The SMILES string of the molecule is ClO[Si](c1ccccc1)(c1ccccc1)c1cccc(C2C=CC=C2)c1C1C=CC=C1. The Morgan fingerprint density at radius 2 is 1.10 bits per heavy atom. The van der Waals surface area contributed by atoms with Gasteiger partial charge in [0.15, 0.2) is 0 Å². The Kier molecular flexibility index (Phi) is 5.60. The third-order valence-corrected chi connectivity index (χ3v) is 10.6. The molecule has 31 heavy (non-hydrogen) atoms. The average Bonchev–Trinajstić information content (AvgIpc) is 3.56. The Labute approximate surface area is 190 Å². The van der Waals surface area contributed by atoms with Gasteiger partial charge in [-0.05, 0) is 26.7 Å². The van der Waals surface area contributed by atoms with Crippen LogP contribution in [0, 0.1) is 0 Å². The van der Waals surface area contributed by atoms with Gasteiger partial charge in [0.2, 0.25) is 0 Å². The first-order valence-corrected chi connectivity index (χ1v) is 12.8. The number of hydrogen-bond acceptors (Lipinski definition) is 1. The summed E-state index contributed by atoms with van der Waals surface area (Å²) in [6.07, 6.45) is 17.5. The second-order valence-electron chi connectivity index (χ2n) is 7.89. The summed E-state index contributed by atoms with van der Waals surface area (Å²) < 4.78 is 6.14. The standard InChI is InChI=1S/C28H23ClOSi/c29-30-31(24-16-3-1-4-17-24,25-18-5-2-6-19-25)27-21-11-20-26(22-12-7-8-13-22)28(27)23-14-9-10-15-23/h1-23H. The zero-order valence-electron chi connectivity index (χ0n) is 17.1. The topological polar surface area (TPSA) is 9.23 Å². The minimum atomic E-state index is -2.94. The van der Waals surface area contributed by atoms with Crippen molar-refractivity contribution < 1.29 is 3.98 Å². The fourth-order valence-electron chi connectivity index (χ4n) is 4.77. The monoisotopic (exact) mass is 438 g/mol. The van der Waals surface area contributed by atoms with Gasteiger partial charge in [-0.3, -0.25) is 0 Å². The second kappa shape index (κ2) is 8.68. The zero-order valence-corrected chi connectivity index (χ0v) is 18.8. The molecule has 0 heterocycles. The van der Waals surface area contributed by atoms with E-state index in [4.69, 9.17) is 15.8 Å². The quantitative estimate of drug-likeness (QED) is 0.377. The molecule has 1 nitrogen and oxygen atoms in total. The summed E-state index contributed by atoms with van der Waals surface area (Å²) in [5, 5.41) is 3.48. The fraction of sp³-hybridized carbons (Fsp3) is 0.0714. The van der Waals surface area contributed by atoms with E-state index in [1.54, 1.807) is 0 Å². The molecule has 2 aliphatic carbocycles. The average molecular weight is 439 g/mol. The molecule has 3 aromatic rings. The van der Waals surface area contributed by atoms with E-state index in [0.29, 0.717) is 0 Å². The van der Waals surface area contributed by atoms with Crippen molar-refractivity contribution in [2.75, 3.05) is 0 Å². The molecule has 0 amide bonds. The third kappa shape index (κ3) is 3.47. The molecule has 3 aromatic carbocycles. The van der Waals surface area contributed by atoms with E-state index < -0.39 is 8.32 Å². The molecule has 0 saturated carbocycles. The van der Waals surface area contributed by atoms with Gasteiger partial charge in [0.1, 0.15) is 0 Å². The second-order valence-corrected chi connectivity index (χ2v) is 11.6. The van der Waals surface area contributed by atoms with Gasteiger partial charge in [-0.1, -0.05) is 127 Å². The van der Waals surface area contributed by atoms with Crippen LogP contribution < -0.4 is 15.6 Å². The Balaban J connectivity index is 1.84. The predicted molar refractivity (Wildman–Crippen MR) is 133 cm³/mol. The summed E-state index contributed by atoms with van der Waals surface area (Å²) in [6, 6.07) is 27.5. The molecule has 3 heteroatoms. The molecule has 5 rings (SSSR count). The van der Waals surface area contributed by atoms with E-state index >= 15 is 0 Å². The molecular weight excluding hydrogens is 416 g/mol. The molecule has 0 aromatic heterocycles. The van der Waals surface area contributed by atoms with Gasteiger partial charge in [-0.15, -0.1) is 0 Å². The van der Waals surface area contributed by atoms with Gasteiger partial charge in [-0.25, -0.2) is 0 Å². The zero-order chi connectivity index (χ0) is 21.1. The fourth-order valence-corrected chi connectivity index (χ4v) is 9.12. The van der Waals surface area contributed by atoms with E-state index in [9.17, 15) is 0 Å². The molecule has 0 unspecified atom stereocenters. The van der Waals surface area contributed by atoms with Crippen LogP contribution >= 0.6 is 11.9 Å². The van der Waals surface area contributed by atoms with Gasteiger partial charge < -0.3 is 3.98 Å². The molecule has 0 aliphatic heterocycles. The lowest BCUT2D eigenvalue weighted by atomic mass is 9.88. The van der Waals surface area contributed by atoms with Crippen LogP contribution in [0.4, 0.5) is 0 Å². The number of halogens is 1. The van der Waals surface area contributed by atoms with E-state index in [2.05, 4.69) is 115 Å². The highest BCUT2D eigenvalue weighted by Crippen LogP contribution is 2.34. The number of rotatable bonds is 6. The minimum Gasteiger partial charge on any atom is -0.308 e. The van der Waals surface area contributed by atoms with Crippen molar-refractivity contribution >= 4 is 35.7 Å². The Bertz CT molecular complexity index is 1110. The molecular formula is C28H23ClOSi. The largest absolute Gasteiger partial charge is 0.312 e. The van der Waals surface area contributed by atoms with Crippen LogP contribution in [0.1, 0.15) is 23.0 Å². The summed E-state index contributed by atoms with van der Waals surface area (Å²) >= 11 is 6.52. The first-order valence-electron chi connectivity index (χ1n) is 10.6. The molecule has 0 spiro atoms. The summed E-state index contributed by atoms with van der Waals surface area (Å²) in [4.78, 5) is 0. The van der Waals surface area contributed by atoms with Crippen LogP contribution in [-0.2, 0) is 3.98 Å². The molecule has 2 aliphatic rings. The van der Waals surface area contributed by atoms with Gasteiger partial charge in [-0.2, -0.15) is 0 Å². The smallest absolute Gasteiger partial charge is 0.308 e. The molecule has 0 bridgehead atoms. The van der Waals surface area contributed by atoms with Crippen LogP contribution in [0.2, 0.25) is 0 Å². The van der Waals surface area contributed by atoms with Gasteiger partial charge >= 0.3 is 8.32 Å².